The van der Waals surface area contributed by atoms with Crippen LogP contribution in [0, 0.1) is 5.92 Å². The van der Waals surface area contributed by atoms with Crippen LogP contribution in [0.3, 0.4) is 0 Å². The van der Waals surface area contributed by atoms with Gasteiger partial charge >= 0.3 is 6.18 Å². The number of benzene rings is 1. The van der Waals surface area contributed by atoms with Crippen molar-refractivity contribution in [1.29, 1.82) is 0 Å². The van der Waals surface area contributed by atoms with E-state index in [-0.39, 0.29) is 25.2 Å². The third-order valence-corrected chi connectivity index (χ3v) is 5.72. The standard InChI is InChI=1S/C20H22F3NO2/c21-20(22,23)15-5-2-6-16(10-15)24-19(25)9-14-11-26-18-8-13-4-1-3-12(13)7-17(14)18/h7-8,11,15-16H,1-6,9-10H2,(H,24,25). The highest BCUT2D eigenvalue weighted by Crippen LogP contribution is 2.37. The van der Waals surface area contributed by atoms with Gasteiger partial charge in [0.25, 0.3) is 0 Å². The number of rotatable bonds is 3. The van der Waals surface area contributed by atoms with Crippen LogP contribution >= 0.6 is 0 Å². The maximum Gasteiger partial charge on any atom is 0.391 e. The van der Waals surface area contributed by atoms with E-state index < -0.39 is 18.1 Å². The lowest BCUT2D eigenvalue weighted by molar-refractivity contribution is -0.184. The second-order valence-corrected chi connectivity index (χ2v) is 7.58. The number of carbonyl (C=O) groups excluding carboxylic acids is 1. The molecule has 1 N–H and O–H groups in total. The molecule has 0 spiro atoms. The molecule has 0 aliphatic heterocycles. The number of hydrogen-bond acceptors (Lipinski definition) is 2. The van der Waals surface area contributed by atoms with Gasteiger partial charge in [0, 0.05) is 17.0 Å². The maximum atomic E-state index is 12.9. The first-order valence-electron chi connectivity index (χ1n) is 9.28. The van der Waals surface area contributed by atoms with E-state index in [1.54, 1.807) is 6.26 Å². The molecule has 2 aliphatic rings. The van der Waals surface area contributed by atoms with Crippen LogP contribution in [0.15, 0.2) is 22.8 Å². The Morgan fingerprint density at radius 1 is 1.15 bits per heavy atom. The summed E-state index contributed by atoms with van der Waals surface area (Å²) in [6, 6.07) is 3.75. The first kappa shape index (κ1) is 17.4. The van der Waals surface area contributed by atoms with E-state index in [0.717, 1.165) is 35.8 Å². The molecule has 0 saturated heterocycles. The van der Waals surface area contributed by atoms with Crippen molar-refractivity contribution in [3.05, 3.63) is 35.1 Å². The van der Waals surface area contributed by atoms with Crippen LogP contribution in [0.25, 0.3) is 11.0 Å². The van der Waals surface area contributed by atoms with E-state index in [9.17, 15) is 18.0 Å². The molecule has 26 heavy (non-hydrogen) atoms. The van der Waals surface area contributed by atoms with E-state index >= 15 is 0 Å². The van der Waals surface area contributed by atoms with Crippen molar-refractivity contribution in [3.8, 4) is 0 Å². The van der Waals surface area contributed by atoms with Gasteiger partial charge in [-0.2, -0.15) is 13.2 Å². The Morgan fingerprint density at radius 2 is 1.92 bits per heavy atom. The fraction of sp³-hybridized carbons (Fsp3) is 0.550. The van der Waals surface area contributed by atoms with Gasteiger partial charge in [-0.15, -0.1) is 0 Å². The maximum absolute atomic E-state index is 12.9. The number of halogens is 3. The number of carbonyl (C=O) groups is 1. The zero-order chi connectivity index (χ0) is 18.3. The molecule has 1 heterocycles. The molecular weight excluding hydrogens is 343 g/mol. The number of aryl methyl sites for hydroxylation is 2. The largest absolute Gasteiger partial charge is 0.464 e. The Bertz CT molecular complexity index is 824. The molecule has 1 aromatic carbocycles. The fourth-order valence-corrected chi connectivity index (χ4v) is 4.35. The van der Waals surface area contributed by atoms with Gasteiger partial charge in [-0.1, -0.05) is 6.42 Å². The summed E-state index contributed by atoms with van der Waals surface area (Å²) >= 11 is 0. The van der Waals surface area contributed by atoms with Gasteiger partial charge in [0.15, 0.2) is 0 Å². The van der Waals surface area contributed by atoms with Crippen LogP contribution in [-0.4, -0.2) is 18.1 Å². The van der Waals surface area contributed by atoms with Gasteiger partial charge in [-0.3, -0.25) is 4.79 Å². The predicted octanol–water partition coefficient (Wildman–Crippen LogP) is 4.70. The predicted molar refractivity (Wildman–Crippen MR) is 91.9 cm³/mol. The molecule has 4 rings (SSSR count). The van der Waals surface area contributed by atoms with Crippen molar-refractivity contribution in [2.24, 2.45) is 5.92 Å². The van der Waals surface area contributed by atoms with E-state index in [4.69, 9.17) is 4.42 Å². The van der Waals surface area contributed by atoms with E-state index in [2.05, 4.69) is 11.4 Å². The lowest BCUT2D eigenvalue weighted by Gasteiger charge is -2.31. The molecule has 0 bridgehead atoms. The Labute approximate surface area is 149 Å². The topological polar surface area (TPSA) is 42.2 Å². The number of fused-ring (bicyclic) bond motifs is 2. The SMILES string of the molecule is O=C(Cc1coc2cc3c(cc12)CCC3)NC1CCCC(C(F)(F)F)C1. The number of amides is 1. The molecule has 140 valence electrons. The molecule has 1 amide bonds. The van der Waals surface area contributed by atoms with Gasteiger partial charge in [-0.05, 0) is 61.8 Å². The van der Waals surface area contributed by atoms with E-state index in [1.807, 2.05) is 6.07 Å². The van der Waals surface area contributed by atoms with Crippen molar-refractivity contribution >= 4 is 16.9 Å². The van der Waals surface area contributed by atoms with Crippen LogP contribution in [0.5, 0.6) is 0 Å². The van der Waals surface area contributed by atoms with Gasteiger partial charge in [-0.25, -0.2) is 0 Å². The average molecular weight is 365 g/mol. The summed E-state index contributed by atoms with van der Waals surface area (Å²) in [6.45, 7) is 0. The second-order valence-electron chi connectivity index (χ2n) is 7.58. The van der Waals surface area contributed by atoms with Crippen LogP contribution in [-0.2, 0) is 24.1 Å². The molecule has 6 heteroatoms. The number of furan rings is 1. The molecule has 0 radical (unpaired) electrons. The minimum atomic E-state index is -4.18. The molecular formula is C20H22F3NO2. The van der Waals surface area contributed by atoms with Gasteiger partial charge in [0.1, 0.15) is 5.58 Å². The fourth-order valence-electron chi connectivity index (χ4n) is 4.35. The molecule has 1 aromatic heterocycles. The molecule has 2 aliphatic carbocycles. The number of nitrogens with one attached hydrogen (secondary N) is 1. The summed E-state index contributed by atoms with van der Waals surface area (Å²) in [6.07, 6.45) is 2.05. The molecule has 3 nitrogen and oxygen atoms in total. The Hall–Kier alpha value is -1.98. The molecule has 2 atom stereocenters. The molecule has 2 unspecified atom stereocenters. The third kappa shape index (κ3) is 3.46. The van der Waals surface area contributed by atoms with Crippen molar-refractivity contribution in [2.75, 3.05) is 0 Å². The summed E-state index contributed by atoms with van der Waals surface area (Å²) in [5.74, 6) is -1.54. The summed E-state index contributed by atoms with van der Waals surface area (Å²) < 4.78 is 44.3. The Balaban J connectivity index is 1.43. The van der Waals surface area contributed by atoms with Gasteiger partial charge in [0.05, 0.1) is 18.6 Å². The minimum absolute atomic E-state index is 0.0190. The smallest absolute Gasteiger partial charge is 0.391 e. The summed E-state index contributed by atoms with van der Waals surface area (Å²) in [5, 5.41) is 3.74. The molecule has 2 aromatic rings. The highest BCUT2D eigenvalue weighted by Gasteiger charge is 2.42. The van der Waals surface area contributed by atoms with Crippen molar-refractivity contribution in [2.45, 2.75) is 63.6 Å². The number of alkyl halides is 3. The molecule has 1 saturated carbocycles. The number of hydrogen-bond donors (Lipinski definition) is 1. The highest BCUT2D eigenvalue weighted by atomic mass is 19.4. The van der Waals surface area contributed by atoms with Crippen LogP contribution < -0.4 is 5.32 Å². The highest BCUT2D eigenvalue weighted by molar-refractivity contribution is 5.88. The Morgan fingerprint density at radius 3 is 2.69 bits per heavy atom. The minimum Gasteiger partial charge on any atom is -0.464 e. The van der Waals surface area contributed by atoms with Crippen LogP contribution in [0.2, 0.25) is 0 Å². The third-order valence-electron chi connectivity index (χ3n) is 5.72. The van der Waals surface area contributed by atoms with Gasteiger partial charge in [0.2, 0.25) is 5.91 Å². The zero-order valence-corrected chi connectivity index (χ0v) is 14.5. The van der Waals surface area contributed by atoms with E-state index in [0.29, 0.717) is 12.8 Å². The lowest BCUT2D eigenvalue weighted by atomic mass is 9.85. The normalized spacial score (nSPS) is 23.2. The monoisotopic (exact) mass is 365 g/mol. The van der Waals surface area contributed by atoms with Crippen LogP contribution in [0.1, 0.15) is 48.8 Å². The van der Waals surface area contributed by atoms with Crippen molar-refractivity contribution < 1.29 is 22.4 Å². The van der Waals surface area contributed by atoms with E-state index in [1.165, 1.54) is 11.1 Å². The van der Waals surface area contributed by atoms with Crippen LogP contribution in [0.4, 0.5) is 13.2 Å². The van der Waals surface area contributed by atoms with Crippen molar-refractivity contribution in [1.82, 2.24) is 5.32 Å². The lowest BCUT2D eigenvalue weighted by Crippen LogP contribution is -2.42. The second kappa shape index (κ2) is 6.63. The summed E-state index contributed by atoms with van der Waals surface area (Å²) in [7, 11) is 0. The van der Waals surface area contributed by atoms with Crippen molar-refractivity contribution in [3.63, 3.8) is 0 Å². The zero-order valence-electron chi connectivity index (χ0n) is 14.5. The quantitative estimate of drug-likeness (QED) is 0.857. The Kier molecular flexibility index (Phi) is 4.45. The summed E-state index contributed by atoms with van der Waals surface area (Å²) in [5.41, 5.74) is 4.20. The first-order chi connectivity index (χ1) is 12.4. The first-order valence-corrected chi connectivity index (χ1v) is 9.28. The van der Waals surface area contributed by atoms with Gasteiger partial charge < -0.3 is 9.73 Å². The summed E-state index contributed by atoms with van der Waals surface area (Å²) in [4.78, 5) is 12.4. The molecule has 1 fully saturated rings. The average Bonchev–Trinajstić information content (AvgIpc) is 3.19.